The third kappa shape index (κ3) is 4.45. The Morgan fingerprint density at radius 3 is 1.92 bits per heavy atom. The topological polar surface area (TPSA) is 35.2 Å². The molecule has 25 heavy (non-hydrogen) atoms. The summed E-state index contributed by atoms with van der Waals surface area (Å²) in [5.74, 6) is 0.691. The molecule has 6 heteroatoms. The van der Waals surface area contributed by atoms with Gasteiger partial charge in [0.05, 0.1) is 11.3 Å². The van der Waals surface area contributed by atoms with Gasteiger partial charge in [-0.1, -0.05) is 42.5 Å². The number of hydrogen-bond donors (Lipinski definition) is 1. The van der Waals surface area contributed by atoms with Gasteiger partial charge in [0.1, 0.15) is 11.5 Å². The summed E-state index contributed by atoms with van der Waals surface area (Å²) in [4.78, 5) is 0. The molecule has 3 aromatic carbocycles. The second kappa shape index (κ2) is 7.49. The zero-order valence-electron chi connectivity index (χ0n) is 12.9. The normalized spacial score (nSPS) is 10.8. The zero-order valence-corrected chi connectivity index (χ0v) is 13.7. The fraction of sp³-hybridized carbons (Fsp3) is 0.0526. The van der Waals surface area contributed by atoms with E-state index in [0.29, 0.717) is 5.75 Å². The van der Waals surface area contributed by atoms with Crippen LogP contribution >= 0.6 is 0 Å². The van der Waals surface area contributed by atoms with Crippen LogP contribution in [0.2, 0.25) is 0 Å². The highest BCUT2D eigenvalue weighted by atomic mass is 35.5. The second-order valence-electron chi connectivity index (χ2n) is 5.24. The molecular weight excluding hydrogens is 351 g/mol. The molecule has 3 aromatic rings. The number of ether oxygens (including phenoxy) is 1. The maximum Gasteiger partial charge on any atom is 0.416 e. The van der Waals surface area contributed by atoms with Crippen LogP contribution in [0.5, 0.6) is 11.5 Å². The highest BCUT2D eigenvalue weighted by Gasteiger charge is 2.30. The molecule has 130 valence electrons. The van der Waals surface area contributed by atoms with Crippen LogP contribution in [0.1, 0.15) is 5.56 Å². The van der Waals surface area contributed by atoms with Crippen molar-refractivity contribution in [2.45, 2.75) is 6.18 Å². The lowest BCUT2D eigenvalue weighted by atomic mass is 10.1. The predicted octanol–water partition coefficient (Wildman–Crippen LogP) is 2.75. The van der Waals surface area contributed by atoms with Gasteiger partial charge in [-0.05, 0) is 41.5 Å². The van der Waals surface area contributed by atoms with E-state index in [4.69, 9.17) is 10.5 Å². The molecule has 0 unspecified atom stereocenters. The summed E-state index contributed by atoms with van der Waals surface area (Å²) < 4.78 is 43.5. The lowest BCUT2D eigenvalue weighted by Crippen LogP contribution is -3.00. The van der Waals surface area contributed by atoms with Gasteiger partial charge in [-0.15, -0.1) is 0 Å². The van der Waals surface area contributed by atoms with E-state index < -0.39 is 11.7 Å². The van der Waals surface area contributed by atoms with E-state index >= 15 is 0 Å². The number of nitrogen functional groups attached to an aromatic ring is 1. The smallest absolute Gasteiger partial charge is 0.416 e. The number of anilines is 1. The van der Waals surface area contributed by atoms with Crippen molar-refractivity contribution in [3.05, 3.63) is 78.4 Å². The fourth-order valence-corrected chi connectivity index (χ4v) is 2.29. The fourth-order valence-electron chi connectivity index (χ4n) is 2.29. The average molecular weight is 365 g/mol. The molecule has 0 saturated heterocycles. The Kier molecular flexibility index (Phi) is 5.59. The summed E-state index contributed by atoms with van der Waals surface area (Å²) >= 11 is 0. The van der Waals surface area contributed by atoms with Crippen LogP contribution in [-0.4, -0.2) is 0 Å². The van der Waals surface area contributed by atoms with E-state index in [1.54, 1.807) is 12.1 Å². The largest absolute Gasteiger partial charge is 1.00 e. The Hall–Kier alpha value is -2.66. The van der Waals surface area contributed by atoms with Crippen molar-refractivity contribution in [3.8, 4) is 22.6 Å². The van der Waals surface area contributed by atoms with Crippen molar-refractivity contribution < 1.29 is 30.3 Å². The third-order valence-electron chi connectivity index (χ3n) is 3.53. The summed E-state index contributed by atoms with van der Waals surface area (Å²) in [6.07, 6.45) is -4.43. The number of nitrogens with two attached hydrogens (primary N) is 1. The SMILES string of the molecule is Nc1cc(C(F)(F)F)ccc1Oc1ccc(-c2ccccc2)cc1.[Cl-]. The molecule has 0 aliphatic rings. The van der Waals surface area contributed by atoms with Crippen LogP contribution in [0.15, 0.2) is 72.8 Å². The number of rotatable bonds is 3. The van der Waals surface area contributed by atoms with E-state index in [0.717, 1.165) is 23.3 Å². The van der Waals surface area contributed by atoms with Crippen molar-refractivity contribution in [2.24, 2.45) is 0 Å². The lowest BCUT2D eigenvalue weighted by Gasteiger charge is -2.12. The zero-order chi connectivity index (χ0) is 17.2. The molecule has 0 amide bonds. The minimum atomic E-state index is -4.43. The van der Waals surface area contributed by atoms with Crippen LogP contribution in [0.25, 0.3) is 11.1 Å². The first kappa shape index (κ1) is 18.7. The van der Waals surface area contributed by atoms with Crippen LogP contribution < -0.4 is 22.9 Å². The molecule has 0 spiro atoms. The molecule has 0 bridgehead atoms. The molecule has 0 radical (unpaired) electrons. The Morgan fingerprint density at radius 1 is 0.760 bits per heavy atom. The highest BCUT2D eigenvalue weighted by Crippen LogP contribution is 2.35. The van der Waals surface area contributed by atoms with Crippen molar-refractivity contribution >= 4 is 5.69 Å². The summed E-state index contributed by atoms with van der Waals surface area (Å²) in [5, 5.41) is 0. The molecular formula is C19H14ClF3NO-. The maximum atomic E-state index is 12.6. The first-order valence-electron chi connectivity index (χ1n) is 7.23. The number of alkyl halides is 3. The van der Waals surface area contributed by atoms with Gasteiger partial charge < -0.3 is 22.9 Å². The highest BCUT2D eigenvalue weighted by molar-refractivity contribution is 5.64. The monoisotopic (exact) mass is 364 g/mol. The van der Waals surface area contributed by atoms with Crippen LogP contribution in [0.3, 0.4) is 0 Å². The summed E-state index contributed by atoms with van der Waals surface area (Å²) in [6, 6.07) is 20.1. The molecule has 0 aromatic heterocycles. The van der Waals surface area contributed by atoms with Gasteiger partial charge in [-0.2, -0.15) is 13.2 Å². The minimum absolute atomic E-state index is 0. The Bertz CT molecular complexity index is 834. The van der Waals surface area contributed by atoms with Gasteiger partial charge in [0.2, 0.25) is 0 Å². The quantitative estimate of drug-likeness (QED) is 0.725. The molecule has 3 rings (SSSR count). The van der Waals surface area contributed by atoms with E-state index in [9.17, 15) is 13.2 Å². The first-order valence-corrected chi connectivity index (χ1v) is 7.23. The van der Waals surface area contributed by atoms with Crippen LogP contribution in [0.4, 0.5) is 18.9 Å². The van der Waals surface area contributed by atoms with Crippen LogP contribution in [0, 0.1) is 0 Å². The number of hydrogen-bond acceptors (Lipinski definition) is 2. The van der Waals surface area contributed by atoms with Crippen molar-refractivity contribution in [2.75, 3.05) is 5.73 Å². The Balaban J connectivity index is 0.00000225. The third-order valence-corrected chi connectivity index (χ3v) is 3.53. The van der Waals surface area contributed by atoms with Crippen molar-refractivity contribution in [1.29, 1.82) is 0 Å². The molecule has 2 nitrogen and oxygen atoms in total. The van der Waals surface area contributed by atoms with E-state index in [-0.39, 0.29) is 23.8 Å². The molecule has 0 fully saturated rings. The number of benzene rings is 3. The molecule has 0 atom stereocenters. The molecule has 0 aliphatic carbocycles. The first-order chi connectivity index (χ1) is 11.4. The van der Waals surface area contributed by atoms with E-state index in [1.165, 1.54) is 6.07 Å². The van der Waals surface area contributed by atoms with Gasteiger partial charge in [0, 0.05) is 0 Å². The minimum Gasteiger partial charge on any atom is -1.00 e. The number of halogens is 4. The summed E-state index contributed by atoms with van der Waals surface area (Å²) in [5.41, 5.74) is 6.89. The predicted molar refractivity (Wildman–Crippen MR) is 87.8 cm³/mol. The molecule has 0 heterocycles. The van der Waals surface area contributed by atoms with Crippen molar-refractivity contribution in [3.63, 3.8) is 0 Å². The van der Waals surface area contributed by atoms with E-state index in [1.807, 2.05) is 42.5 Å². The molecule has 2 N–H and O–H groups in total. The van der Waals surface area contributed by atoms with Crippen molar-refractivity contribution in [1.82, 2.24) is 0 Å². The standard InChI is InChI=1S/C19H14F3NO.ClH/c20-19(21,22)15-8-11-18(17(23)12-15)24-16-9-6-14(7-10-16)13-4-2-1-3-5-13;/h1-12H,23H2;1H/p-1. The van der Waals surface area contributed by atoms with Gasteiger partial charge in [0.25, 0.3) is 0 Å². The van der Waals surface area contributed by atoms with Gasteiger partial charge in [0.15, 0.2) is 0 Å². The van der Waals surface area contributed by atoms with E-state index in [2.05, 4.69) is 0 Å². The molecule has 0 aliphatic heterocycles. The van der Waals surface area contributed by atoms with Gasteiger partial charge in [-0.25, -0.2) is 0 Å². The Morgan fingerprint density at radius 2 is 1.36 bits per heavy atom. The summed E-state index contributed by atoms with van der Waals surface area (Å²) in [7, 11) is 0. The average Bonchev–Trinajstić information content (AvgIpc) is 2.57. The maximum absolute atomic E-state index is 12.6. The summed E-state index contributed by atoms with van der Waals surface area (Å²) in [6.45, 7) is 0. The molecule has 0 saturated carbocycles. The van der Waals surface area contributed by atoms with Gasteiger partial charge >= 0.3 is 6.18 Å². The Labute approximate surface area is 149 Å². The van der Waals surface area contributed by atoms with Crippen LogP contribution in [-0.2, 0) is 6.18 Å². The van der Waals surface area contributed by atoms with Gasteiger partial charge in [-0.3, -0.25) is 0 Å². The lowest BCUT2D eigenvalue weighted by molar-refractivity contribution is -0.137. The second-order valence-corrected chi connectivity index (χ2v) is 5.24.